The van der Waals surface area contributed by atoms with Crippen LogP contribution in [0.4, 0.5) is 0 Å². The maximum atomic E-state index is 12.0. The summed E-state index contributed by atoms with van der Waals surface area (Å²) in [6.07, 6.45) is 0. The van der Waals surface area contributed by atoms with E-state index in [1.807, 2.05) is 0 Å². The molecule has 0 saturated carbocycles. The van der Waals surface area contributed by atoms with E-state index in [-0.39, 0.29) is 33.4 Å². The van der Waals surface area contributed by atoms with E-state index in [1.165, 1.54) is 0 Å². The molecule has 0 unspecified atom stereocenters. The number of benzene rings is 3. The molecule has 0 spiro atoms. The van der Waals surface area contributed by atoms with Gasteiger partial charge < -0.3 is 30.6 Å². The van der Waals surface area contributed by atoms with Crippen LogP contribution in [0, 0.1) is 0 Å². The molecule has 3 aromatic carbocycles. The first kappa shape index (κ1) is 27.0. The lowest BCUT2D eigenvalue weighted by Gasteiger charge is -2.52. The smallest absolute Gasteiger partial charge is 0.336 e. The third-order valence-corrected chi connectivity index (χ3v) is 9.65. The zero-order chi connectivity index (χ0) is 29.6. The van der Waals surface area contributed by atoms with Gasteiger partial charge in [-0.15, -0.1) is 0 Å². The summed E-state index contributed by atoms with van der Waals surface area (Å²) in [5, 5.41) is 58.7. The minimum atomic E-state index is -1.76. The Balaban J connectivity index is 2.05. The van der Waals surface area contributed by atoms with Gasteiger partial charge in [-0.05, 0) is 69.8 Å². The summed E-state index contributed by atoms with van der Waals surface area (Å²) in [7, 11) is 0. The Morgan fingerprint density at radius 1 is 0.375 bits per heavy atom. The highest BCUT2D eigenvalue weighted by atomic mass is 79.9. The van der Waals surface area contributed by atoms with E-state index in [2.05, 4.69) is 31.9 Å². The standard InChI is InChI=1S/C26H12Br2O12/c27-25-13-1-7(19(29)30)8(20(31)32)2-14(13)26(28,17-5-11(23(37)38)9(21(33)34)3-15(17)25)18-6-12(24(39)40)10(22(35)36)4-16(18)25/h1-6H,(H,29,30)(H,31,32)(H,33,34)(H,35,36)(H,37,38)(H,39,40). The van der Waals surface area contributed by atoms with Crippen LogP contribution >= 0.6 is 31.9 Å². The quantitative estimate of drug-likeness (QED) is 0.205. The second kappa shape index (κ2) is 8.47. The van der Waals surface area contributed by atoms with Gasteiger partial charge in [0.25, 0.3) is 0 Å². The van der Waals surface area contributed by atoms with Crippen molar-refractivity contribution in [3.8, 4) is 0 Å². The van der Waals surface area contributed by atoms with Crippen molar-refractivity contribution in [3.05, 3.63) is 103 Å². The van der Waals surface area contributed by atoms with Crippen molar-refractivity contribution < 1.29 is 59.4 Å². The predicted molar refractivity (Wildman–Crippen MR) is 139 cm³/mol. The number of rotatable bonds is 6. The molecule has 14 heteroatoms. The fraction of sp³-hybridized carbons (Fsp3) is 0.0769. The number of carboxylic acid groups (broad SMARTS) is 6. The Bertz CT molecular complexity index is 1470. The first-order chi connectivity index (χ1) is 18.6. The summed E-state index contributed by atoms with van der Waals surface area (Å²) in [5.74, 6) is -9.57. The Kier molecular flexibility index (Phi) is 5.72. The molecule has 40 heavy (non-hydrogen) atoms. The average molecular weight is 676 g/mol. The van der Waals surface area contributed by atoms with Gasteiger partial charge in [0.1, 0.15) is 8.65 Å². The van der Waals surface area contributed by atoms with E-state index in [0.29, 0.717) is 0 Å². The second-order valence-electron chi connectivity index (χ2n) is 8.98. The van der Waals surface area contributed by atoms with Gasteiger partial charge in [-0.1, -0.05) is 31.9 Å². The van der Waals surface area contributed by atoms with Gasteiger partial charge in [0.05, 0.1) is 33.4 Å². The number of halogens is 2. The number of hydrogen-bond donors (Lipinski definition) is 6. The van der Waals surface area contributed by atoms with Crippen molar-refractivity contribution in [1.29, 1.82) is 0 Å². The van der Waals surface area contributed by atoms with Crippen LogP contribution in [0.5, 0.6) is 0 Å². The van der Waals surface area contributed by atoms with Crippen LogP contribution in [0.15, 0.2) is 36.4 Å². The van der Waals surface area contributed by atoms with Gasteiger partial charge in [-0.2, -0.15) is 0 Å². The molecule has 3 aliphatic rings. The summed E-state index contributed by atoms with van der Waals surface area (Å²) in [6, 6.07) is 6.30. The minimum absolute atomic E-state index is 0.0885. The fourth-order valence-electron chi connectivity index (χ4n) is 5.44. The summed E-state index contributed by atoms with van der Waals surface area (Å²) in [4.78, 5) is 72.3. The first-order valence-electron chi connectivity index (χ1n) is 10.9. The number of carbonyl (C=O) groups is 6. The van der Waals surface area contributed by atoms with E-state index in [9.17, 15) is 59.4 Å². The molecule has 3 aliphatic carbocycles. The Labute approximate surface area is 238 Å². The number of aromatic carboxylic acids is 6. The summed E-state index contributed by atoms with van der Waals surface area (Å²) in [5.41, 5.74) is -3.23. The highest BCUT2D eigenvalue weighted by Gasteiger charge is 2.59. The van der Waals surface area contributed by atoms with Gasteiger partial charge in [0.15, 0.2) is 0 Å². The predicted octanol–water partition coefficient (Wildman–Crippen LogP) is 3.88. The van der Waals surface area contributed by atoms with E-state index >= 15 is 0 Å². The number of hydrogen-bond acceptors (Lipinski definition) is 6. The molecule has 0 radical (unpaired) electrons. The lowest BCUT2D eigenvalue weighted by Crippen LogP contribution is -2.46. The van der Waals surface area contributed by atoms with Gasteiger partial charge in [-0.25, -0.2) is 28.8 Å². The molecule has 0 amide bonds. The Hall–Kier alpha value is -4.56. The van der Waals surface area contributed by atoms with Crippen LogP contribution in [0.2, 0.25) is 0 Å². The van der Waals surface area contributed by atoms with Crippen molar-refractivity contribution in [2.75, 3.05) is 0 Å². The molecule has 0 saturated heterocycles. The van der Waals surface area contributed by atoms with Crippen LogP contribution < -0.4 is 0 Å². The molecule has 0 aliphatic heterocycles. The van der Waals surface area contributed by atoms with Gasteiger partial charge in [-0.3, -0.25) is 0 Å². The monoisotopic (exact) mass is 674 g/mol. The van der Waals surface area contributed by atoms with E-state index in [1.54, 1.807) is 0 Å². The normalized spacial score (nSPS) is 19.6. The third kappa shape index (κ3) is 3.29. The molecule has 0 heterocycles. The second-order valence-corrected chi connectivity index (χ2v) is 11.4. The molecule has 6 rings (SSSR count). The SMILES string of the molecule is O=C(O)c1cc2c(cc1C(=O)O)C1(Br)c3cc(C(=O)O)c(C(=O)O)cc3C2(Br)c2cc(C(=O)O)c(C(=O)O)cc21. The van der Waals surface area contributed by atoms with Crippen LogP contribution in [0.3, 0.4) is 0 Å². The third-order valence-electron chi connectivity index (χ3n) is 7.08. The molecule has 0 aromatic heterocycles. The molecular weight excluding hydrogens is 664 g/mol. The topological polar surface area (TPSA) is 224 Å². The van der Waals surface area contributed by atoms with Crippen LogP contribution in [0.25, 0.3) is 0 Å². The van der Waals surface area contributed by atoms with Gasteiger partial charge in [0, 0.05) is 0 Å². The van der Waals surface area contributed by atoms with Crippen molar-refractivity contribution >= 4 is 67.7 Å². The zero-order valence-corrected chi connectivity index (χ0v) is 22.5. The minimum Gasteiger partial charge on any atom is -0.478 e. The largest absolute Gasteiger partial charge is 0.478 e. The van der Waals surface area contributed by atoms with Crippen molar-refractivity contribution in [3.63, 3.8) is 0 Å². The molecule has 3 aromatic rings. The lowest BCUT2D eigenvalue weighted by atomic mass is 9.59. The highest BCUT2D eigenvalue weighted by Crippen LogP contribution is 2.67. The molecular formula is C26H12Br2O12. The summed E-state index contributed by atoms with van der Waals surface area (Å²) >= 11 is 7.09. The maximum Gasteiger partial charge on any atom is 0.336 e. The summed E-state index contributed by atoms with van der Waals surface area (Å²) in [6.45, 7) is 0. The Morgan fingerprint density at radius 2 is 0.500 bits per heavy atom. The van der Waals surface area contributed by atoms with Crippen LogP contribution in [0.1, 0.15) is 95.5 Å². The molecule has 202 valence electrons. The zero-order valence-electron chi connectivity index (χ0n) is 19.4. The van der Waals surface area contributed by atoms with Crippen molar-refractivity contribution in [1.82, 2.24) is 0 Å². The molecule has 6 N–H and O–H groups in total. The fourth-order valence-corrected chi connectivity index (χ4v) is 7.41. The van der Waals surface area contributed by atoms with E-state index in [4.69, 9.17) is 0 Å². The van der Waals surface area contributed by atoms with Crippen molar-refractivity contribution in [2.45, 2.75) is 8.65 Å². The van der Waals surface area contributed by atoms with E-state index in [0.717, 1.165) is 36.4 Å². The molecule has 2 bridgehead atoms. The average Bonchev–Trinajstić information content (AvgIpc) is 2.88. The number of carboxylic acids is 6. The van der Waals surface area contributed by atoms with Gasteiger partial charge in [0.2, 0.25) is 0 Å². The maximum absolute atomic E-state index is 12.0. The highest BCUT2D eigenvalue weighted by molar-refractivity contribution is 9.10. The van der Waals surface area contributed by atoms with E-state index < -0.39 is 77.8 Å². The molecule has 12 nitrogen and oxygen atoms in total. The van der Waals surface area contributed by atoms with Crippen LogP contribution in [-0.4, -0.2) is 66.5 Å². The van der Waals surface area contributed by atoms with Gasteiger partial charge >= 0.3 is 35.8 Å². The number of alkyl halides is 2. The first-order valence-corrected chi connectivity index (χ1v) is 12.5. The van der Waals surface area contributed by atoms with Crippen molar-refractivity contribution in [2.24, 2.45) is 0 Å². The molecule has 0 atom stereocenters. The van der Waals surface area contributed by atoms with Crippen LogP contribution in [-0.2, 0) is 8.65 Å². The lowest BCUT2D eigenvalue weighted by molar-refractivity contribution is 0.0650. The summed E-state index contributed by atoms with van der Waals surface area (Å²) < 4.78 is -3.52. The molecule has 0 fully saturated rings. The Morgan fingerprint density at radius 3 is 0.600 bits per heavy atom.